The van der Waals surface area contributed by atoms with Gasteiger partial charge in [-0.05, 0) is 12.8 Å². The molecule has 1 fully saturated rings. The zero-order chi connectivity index (χ0) is 12.1. The van der Waals surface area contributed by atoms with Crippen molar-refractivity contribution in [1.82, 2.24) is 9.97 Å². The lowest BCUT2D eigenvalue weighted by molar-refractivity contribution is 0.515. The highest BCUT2D eigenvalue weighted by molar-refractivity contribution is 6.33. The van der Waals surface area contributed by atoms with Crippen LogP contribution in [0.3, 0.4) is 0 Å². The number of hydrogen-bond acceptors (Lipinski definition) is 2. The van der Waals surface area contributed by atoms with Crippen molar-refractivity contribution in [3.63, 3.8) is 0 Å². The summed E-state index contributed by atoms with van der Waals surface area (Å²) < 4.78 is 0. The minimum atomic E-state index is 0.435. The zero-order valence-corrected chi connectivity index (χ0v) is 11.5. The van der Waals surface area contributed by atoms with Gasteiger partial charge in [0.15, 0.2) is 0 Å². The Morgan fingerprint density at radius 1 is 0.824 bits per heavy atom. The third kappa shape index (κ3) is 4.11. The van der Waals surface area contributed by atoms with Gasteiger partial charge >= 0.3 is 0 Å². The second-order valence-electron chi connectivity index (χ2n) is 4.77. The van der Waals surface area contributed by atoms with E-state index < -0.39 is 0 Å². The quantitative estimate of drug-likeness (QED) is 0.673. The van der Waals surface area contributed by atoms with Gasteiger partial charge in [0.05, 0.1) is 0 Å². The van der Waals surface area contributed by atoms with Gasteiger partial charge in [-0.15, -0.1) is 0 Å². The van der Waals surface area contributed by atoms with Crippen LogP contribution < -0.4 is 0 Å². The number of hydrogen-bond donors (Lipinski definition) is 0. The van der Waals surface area contributed by atoms with Gasteiger partial charge in [-0.3, -0.25) is 0 Å². The van der Waals surface area contributed by atoms with Crippen molar-refractivity contribution < 1.29 is 0 Å². The van der Waals surface area contributed by atoms with E-state index in [2.05, 4.69) is 9.97 Å². The Hall–Kier alpha value is -0.340. The van der Waals surface area contributed by atoms with Gasteiger partial charge in [-0.1, -0.05) is 61.7 Å². The summed E-state index contributed by atoms with van der Waals surface area (Å²) in [6.07, 6.45) is 10.2. The topological polar surface area (TPSA) is 25.8 Å². The maximum absolute atomic E-state index is 5.94. The second-order valence-corrected chi connectivity index (χ2v) is 5.54. The summed E-state index contributed by atoms with van der Waals surface area (Å²) in [4.78, 5) is 8.66. The molecule has 1 aliphatic carbocycles. The van der Waals surface area contributed by atoms with Crippen molar-refractivity contribution in [3.8, 4) is 0 Å². The minimum Gasteiger partial charge on any atom is -0.221 e. The van der Waals surface area contributed by atoms with Gasteiger partial charge in [0.25, 0.3) is 0 Å². The molecule has 2 rings (SSSR count). The fourth-order valence-electron chi connectivity index (χ4n) is 2.48. The van der Waals surface area contributed by atoms with E-state index in [1.54, 1.807) is 6.07 Å². The normalized spacial score (nSPS) is 19.4. The first-order valence-corrected chi connectivity index (χ1v) is 7.21. The van der Waals surface area contributed by atoms with Crippen LogP contribution in [0.1, 0.15) is 63.1 Å². The Morgan fingerprint density at radius 2 is 1.29 bits per heavy atom. The van der Waals surface area contributed by atoms with E-state index in [0.29, 0.717) is 16.2 Å². The van der Waals surface area contributed by atoms with Gasteiger partial charge in [0, 0.05) is 12.0 Å². The molecular weight excluding hydrogens is 255 g/mol. The van der Waals surface area contributed by atoms with E-state index >= 15 is 0 Å². The Kier molecular flexibility index (Phi) is 5.05. The molecule has 2 nitrogen and oxygen atoms in total. The van der Waals surface area contributed by atoms with E-state index in [1.807, 2.05) is 0 Å². The van der Waals surface area contributed by atoms with Crippen molar-refractivity contribution in [2.75, 3.05) is 0 Å². The lowest BCUT2D eigenvalue weighted by atomic mass is 9.96. The molecule has 0 N–H and O–H groups in total. The molecule has 0 saturated heterocycles. The highest BCUT2D eigenvalue weighted by Crippen LogP contribution is 2.29. The van der Waals surface area contributed by atoms with Crippen LogP contribution >= 0.6 is 23.2 Å². The minimum absolute atomic E-state index is 0.435. The number of halogens is 2. The lowest BCUT2D eigenvalue weighted by Gasteiger charge is -2.14. The maximum Gasteiger partial charge on any atom is 0.134 e. The summed E-state index contributed by atoms with van der Waals surface area (Å²) in [5.74, 6) is 1.27. The van der Waals surface area contributed by atoms with Crippen LogP contribution in [-0.2, 0) is 0 Å². The summed E-state index contributed by atoms with van der Waals surface area (Å²) in [7, 11) is 0. The third-order valence-corrected chi connectivity index (χ3v) is 3.79. The molecule has 0 atom stereocenters. The van der Waals surface area contributed by atoms with Crippen LogP contribution in [0.4, 0.5) is 0 Å². The first-order chi connectivity index (χ1) is 8.25. The Morgan fingerprint density at radius 3 is 1.82 bits per heavy atom. The molecule has 0 spiro atoms. The van der Waals surface area contributed by atoms with Gasteiger partial charge in [-0.2, -0.15) is 0 Å². The standard InChI is InChI=1S/C13H18Cl2N2/c14-11-9-12(15)17-13(16-11)10-7-5-3-1-2-4-6-8-10/h9-10H,1-8H2. The molecule has 0 bridgehead atoms. The molecule has 0 radical (unpaired) electrons. The molecule has 1 aromatic heterocycles. The van der Waals surface area contributed by atoms with Gasteiger partial charge < -0.3 is 0 Å². The van der Waals surface area contributed by atoms with E-state index in [1.165, 1.54) is 38.5 Å². The molecule has 1 saturated carbocycles. The van der Waals surface area contributed by atoms with Gasteiger partial charge in [-0.25, -0.2) is 9.97 Å². The van der Waals surface area contributed by atoms with E-state index in [9.17, 15) is 0 Å². The number of nitrogens with zero attached hydrogens (tertiary/aromatic N) is 2. The highest BCUT2D eigenvalue weighted by atomic mass is 35.5. The molecule has 0 aromatic carbocycles. The molecule has 0 aliphatic heterocycles. The smallest absolute Gasteiger partial charge is 0.134 e. The molecular formula is C13H18Cl2N2. The van der Waals surface area contributed by atoms with Crippen LogP contribution in [-0.4, -0.2) is 9.97 Å². The Bertz CT molecular complexity index is 338. The van der Waals surface area contributed by atoms with Crippen LogP contribution in [0.2, 0.25) is 10.3 Å². The van der Waals surface area contributed by atoms with Crippen molar-refractivity contribution >= 4 is 23.2 Å². The average molecular weight is 273 g/mol. The Balaban J connectivity index is 2.11. The molecule has 1 aliphatic rings. The molecule has 17 heavy (non-hydrogen) atoms. The van der Waals surface area contributed by atoms with Crippen molar-refractivity contribution in [2.45, 2.75) is 57.3 Å². The molecule has 1 heterocycles. The number of rotatable bonds is 1. The van der Waals surface area contributed by atoms with Crippen molar-refractivity contribution in [2.24, 2.45) is 0 Å². The predicted molar refractivity (Wildman–Crippen MR) is 71.7 cm³/mol. The Labute approximate surface area is 113 Å². The van der Waals surface area contributed by atoms with E-state index in [-0.39, 0.29) is 0 Å². The largest absolute Gasteiger partial charge is 0.221 e. The van der Waals surface area contributed by atoms with E-state index in [0.717, 1.165) is 18.7 Å². The SMILES string of the molecule is Clc1cc(Cl)nc(C2CCCCCCCC2)n1. The van der Waals surface area contributed by atoms with Crippen LogP contribution in [0.15, 0.2) is 6.07 Å². The van der Waals surface area contributed by atoms with E-state index in [4.69, 9.17) is 23.2 Å². The van der Waals surface area contributed by atoms with Gasteiger partial charge in [0.2, 0.25) is 0 Å². The first-order valence-electron chi connectivity index (χ1n) is 6.45. The third-order valence-electron chi connectivity index (χ3n) is 3.40. The summed E-state index contributed by atoms with van der Waals surface area (Å²) in [5, 5.41) is 0.916. The monoisotopic (exact) mass is 272 g/mol. The van der Waals surface area contributed by atoms with Gasteiger partial charge in [0.1, 0.15) is 16.1 Å². The molecule has 4 heteroatoms. The highest BCUT2D eigenvalue weighted by Gasteiger charge is 2.16. The fraction of sp³-hybridized carbons (Fsp3) is 0.692. The summed E-state index contributed by atoms with van der Waals surface area (Å²) >= 11 is 11.9. The zero-order valence-electron chi connectivity index (χ0n) is 9.96. The number of aromatic nitrogens is 2. The molecule has 94 valence electrons. The van der Waals surface area contributed by atoms with Crippen LogP contribution in [0, 0.1) is 0 Å². The van der Waals surface area contributed by atoms with Crippen LogP contribution in [0.5, 0.6) is 0 Å². The average Bonchev–Trinajstić information content (AvgIpc) is 2.40. The first kappa shape index (κ1) is 13.1. The molecule has 1 aromatic rings. The summed E-state index contributed by atoms with van der Waals surface area (Å²) in [6.45, 7) is 0. The maximum atomic E-state index is 5.94. The predicted octanol–water partition coefficient (Wildman–Crippen LogP) is 5.00. The van der Waals surface area contributed by atoms with Crippen LogP contribution in [0.25, 0.3) is 0 Å². The fourth-order valence-corrected chi connectivity index (χ4v) is 2.92. The summed E-state index contributed by atoms with van der Waals surface area (Å²) in [6, 6.07) is 1.60. The molecule has 0 unspecified atom stereocenters. The van der Waals surface area contributed by atoms with Crippen molar-refractivity contribution in [3.05, 3.63) is 22.2 Å². The van der Waals surface area contributed by atoms with Crippen molar-refractivity contribution in [1.29, 1.82) is 0 Å². The second kappa shape index (κ2) is 6.55. The summed E-state index contributed by atoms with van der Waals surface area (Å²) in [5.41, 5.74) is 0. The lowest BCUT2D eigenvalue weighted by Crippen LogP contribution is -2.05. The molecule has 0 amide bonds.